The summed E-state index contributed by atoms with van der Waals surface area (Å²) in [5.74, 6) is -1.17. The molecule has 1 aromatic carbocycles. The second-order valence-electron chi connectivity index (χ2n) is 5.38. The molecule has 2 rings (SSSR count). The molecule has 0 saturated carbocycles. The summed E-state index contributed by atoms with van der Waals surface area (Å²) in [4.78, 5) is 24.0. The van der Waals surface area contributed by atoms with Gasteiger partial charge >= 0.3 is 5.97 Å². The van der Waals surface area contributed by atoms with E-state index in [4.69, 9.17) is 0 Å². The van der Waals surface area contributed by atoms with Crippen LogP contribution in [0.4, 0.5) is 0 Å². The van der Waals surface area contributed by atoms with E-state index in [1.54, 1.807) is 6.92 Å². The molecule has 21 heavy (non-hydrogen) atoms. The predicted octanol–water partition coefficient (Wildman–Crippen LogP) is 2.78. The molecule has 0 aliphatic heterocycles. The van der Waals surface area contributed by atoms with Crippen molar-refractivity contribution in [3.05, 3.63) is 43.7 Å². The van der Waals surface area contributed by atoms with Gasteiger partial charge < -0.3 is 9.67 Å². The van der Waals surface area contributed by atoms with Gasteiger partial charge in [-0.05, 0) is 56.9 Å². The third-order valence-electron chi connectivity index (χ3n) is 4.52. The number of aromatic nitrogens is 1. The van der Waals surface area contributed by atoms with Gasteiger partial charge in [0.05, 0.1) is 10.9 Å². The number of rotatable bonds is 1. The molecule has 0 atom stereocenters. The molecule has 4 nitrogen and oxygen atoms in total. The Labute approximate surface area is 149 Å². The van der Waals surface area contributed by atoms with Crippen molar-refractivity contribution in [1.29, 1.82) is 0 Å². The molecule has 1 radical (unpaired) electrons. The SMILES string of the molecule is Cc1c(C)c(C)c2c(c1C)c(=O)c(C(=O)O)c(C)n2C.[Y]. The van der Waals surface area contributed by atoms with Crippen LogP contribution in [0, 0.1) is 34.6 Å². The average molecular weight is 362 g/mol. The second-order valence-corrected chi connectivity index (χ2v) is 5.38. The van der Waals surface area contributed by atoms with Gasteiger partial charge in [-0.3, -0.25) is 4.79 Å². The first kappa shape index (κ1) is 18.1. The first-order valence-electron chi connectivity index (χ1n) is 6.53. The molecule has 2 aromatic rings. The van der Waals surface area contributed by atoms with Gasteiger partial charge in [0.25, 0.3) is 0 Å². The van der Waals surface area contributed by atoms with E-state index in [0.29, 0.717) is 11.1 Å². The maximum absolute atomic E-state index is 12.6. The molecule has 0 aliphatic carbocycles. The molecule has 0 aliphatic rings. The number of nitrogens with zero attached hydrogens (tertiary/aromatic N) is 1. The smallest absolute Gasteiger partial charge is 0.341 e. The second kappa shape index (κ2) is 6.01. The first-order valence-corrected chi connectivity index (χ1v) is 6.53. The number of fused-ring (bicyclic) bond motifs is 1. The zero-order valence-electron chi connectivity index (χ0n) is 13.3. The van der Waals surface area contributed by atoms with Crippen molar-refractivity contribution >= 4 is 16.9 Å². The van der Waals surface area contributed by atoms with Crippen LogP contribution in [0.5, 0.6) is 0 Å². The maximum atomic E-state index is 12.6. The van der Waals surface area contributed by atoms with E-state index in [1.807, 2.05) is 39.3 Å². The van der Waals surface area contributed by atoms with Crippen LogP contribution in [0.3, 0.4) is 0 Å². The van der Waals surface area contributed by atoms with Gasteiger partial charge in [0, 0.05) is 45.5 Å². The Morgan fingerprint density at radius 3 is 1.90 bits per heavy atom. The Kier molecular flexibility index (Phi) is 5.17. The number of aryl methyl sites for hydroxylation is 3. The zero-order valence-corrected chi connectivity index (χ0v) is 16.1. The van der Waals surface area contributed by atoms with E-state index < -0.39 is 5.97 Å². The van der Waals surface area contributed by atoms with Gasteiger partial charge in [0.15, 0.2) is 0 Å². The number of aromatic carboxylic acids is 1. The summed E-state index contributed by atoms with van der Waals surface area (Å²) >= 11 is 0. The standard InChI is InChI=1S/C16H19NO3.Y/c1-7-8(2)10(4)14-12(9(7)3)15(18)13(16(19)20)11(5)17(14)6;/h1-6H3,(H,19,20);. The molecule has 0 unspecified atom stereocenters. The van der Waals surface area contributed by atoms with Crippen LogP contribution < -0.4 is 5.43 Å². The van der Waals surface area contributed by atoms with Crippen LogP contribution in [0.2, 0.25) is 0 Å². The van der Waals surface area contributed by atoms with Crippen molar-refractivity contribution < 1.29 is 42.6 Å². The number of benzene rings is 1. The quantitative estimate of drug-likeness (QED) is 0.849. The maximum Gasteiger partial charge on any atom is 0.341 e. The van der Waals surface area contributed by atoms with Crippen LogP contribution in [-0.4, -0.2) is 15.6 Å². The minimum absolute atomic E-state index is 0. The third-order valence-corrected chi connectivity index (χ3v) is 4.52. The van der Waals surface area contributed by atoms with Gasteiger partial charge in [-0.15, -0.1) is 0 Å². The van der Waals surface area contributed by atoms with E-state index in [-0.39, 0.29) is 43.7 Å². The summed E-state index contributed by atoms with van der Waals surface area (Å²) in [5.41, 5.74) is 4.89. The fourth-order valence-electron chi connectivity index (χ4n) is 2.87. The molecule has 1 aromatic heterocycles. The Hall–Kier alpha value is -0.996. The summed E-state index contributed by atoms with van der Waals surface area (Å²) < 4.78 is 1.81. The van der Waals surface area contributed by atoms with Crippen LogP contribution in [0.25, 0.3) is 10.9 Å². The van der Waals surface area contributed by atoms with E-state index in [9.17, 15) is 14.7 Å². The van der Waals surface area contributed by atoms with Crippen LogP contribution in [0.1, 0.15) is 38.3 Å². The van der Waals surface area contributed by atoms with E-state index in [2.05, 4.69) is 0 Å². The fourth-order valence-corrected chi connectivity index (χ4v) is 2.87. The molecule has 1 N–H and O–H groups in total. The van der Waals surface area contributed by atoms with Crippen LogP contribution in [0.15, 0.2) is 4.79 Å². The molecule has 0 amide bonds. The Balaban J connectivity index is 0.00000220. The molecule has 1 heterocycles. The minimum atomic E-state index is -1.17. The van der Waals surface area contributed by atoms with Gasteiger partial charge in [0.1, 0.15) is 5.56 Å². The number of hydrogen-bond acceptors (Lipinski definition) is 2. The van der Waals surface area contributed by atoms with Crippen molar-refractivity contribution in [2.24, 2.45) is 7.05 Å². The molecular formula is C16H19NO3Y. The summed E-state index contributed by atoms with van der Waals surface area (Å²) in [5, 5.41) is 9.83. The Morgan fingerprint density at radius 2 is 1.43 bits per heavy atom. The summed E-state index contributed by atoms with van der Waals surface area (Å²) in [6, 6.07) is 0. The fraction of sp³-hybridized carbons (Fsp3) is 0.375. The first-order chi connectivity index (χ1) is 9.20. The number of pyridine rings is 1. The molecule has 0 bridgehead atoms. The summed E-state index contributed by atoms with van der Waals surface area (Å²) in [7, 11) is 1.81. The summed E-state index contributed by atoms with van der Waals surface area (Å²) in [6.07, 6.45) is 0. The van der Waals surface area contributed by atoms with Crippen molar-refractivity contribution in [2.75, 3.05) is 0 Å². The number of carbonyl (C=O) groups is 1. The molecule has 0 fully saturated rings. The van der Waals surface area contributed by atoms with Crippen molar-refractivity contribution in [2.45, 2.75) is 34.6 Å². The molecule has 0 saturated heterocycles. The topological polar surface area (TPSA) is 59.3 Å². The number of carboxylic acids is 1. The Morgan fingerprint density at radius 1 is 0.952 bits per heavy atom. The van der Waals surface area contributed by atoms with Gasteiger partial charge in [-0.1, -0.05) is 0 Å². The predicted molar refractivity (Wildman–Crippen MR) is 79.8 cm³/mol. The third kappa shape index (κ3) is 2.49. The van der Waals surface area contributed by atoms with Crippen molar-refractivity contribution in [1.82, 2.24) is 4.57 Å². The van der Waals surface area contributed by atoms with Crippen molar-refractivity contribution in [3.63, 3.8) is 0 Å². The van der Waals surface area contributed by atoms with Crippen molar-refractivity contribution in [3.8, 4) is 0 Å². The average Bonchev–Trinajstić information content (AvgIpc) is 2.37. The van der Waals surface area contributed by atoms with E-state index >= 15 is 0 Å². The van der Waals surface area contributed by atoms with Crippen LogP contribution in [-0.2, 0) is 39.8 Å². The summed E-state index contributed by atoms with van der Waals surface area (Å²) in [6.45, 7) is 9.53. The molecule has 5 heteroatoms. The molecular weight excluding hydrogens is 343 g/mol. The normalized spacial score (nSPS) is 10.6. The largest absolute Gasteiger partial charge is 0.477 e. The van der Waals surface area contributed by atoms with Gasteiger partial charge in [-0.2, -0.15) is 0 Å². The monoisotopic (exact) mass is 362 g/mol. The number of hydrogen-bond donors (Lipinski definition) is 1. The zero-order chi connectivity index (χ0) is 15.4. The Bertz CT molecular complexity index is 819. The minimum Gasteiger partial charge on any atom is -0.477 e. The van der Waals surface area contributed by atoms with E-state index in [0.717, 1.165) is 27.8 Å². The van der Waals surface area contributed by atoms with Crippen LogP contribution >= 0.6 is 0 Å². The molecule has 0 spiro atoms. The molecule has 109 valence electrons. The van der Waals surface area contributed by atoms with Gasteiger partial charge in [0.2, 0.25) is 5.43 Å². The van der Waals surface area contributed by atoms with Gasteiger partial charge in [-0.25, -0.2) is 4.79 Å². The van der Waals surface area contributed by atoms with E-state index in [1.165, 1.54) is 0 Å². The number of carboxylic acid groups (broad SMARTS) is 1.